The molecule has 0 amide bonds. The number of nitrogens with zero attached hydrogens (tertiary/aromatic N) is 1. The van der Waals surface area contributed by atoms with Crippen molar-refractivity contribution in [3.8, 4) is 17.2 Å². The van der Waals surface area contributed by atoms with Gasteiger partial charge in [0.15, 0.2) is 5.75 Å². The zero-order valence-corrected chi connectivity index (χ0v) is 19.2. The first-order chi connectivity index (χ1) is 17.5. The number of nitro groups is 1. The molecule has 1 N–H and O–H groups in total. The largest absolute Gasteiger partial charge is 0.485 e. The van der Waals surface area contributed by atoms with Crippen LogP contribution in [-0.2, 0) is 19.8 Å². The molecule has 0 spiro atoms. The average molecular weight is 485 g/mol. The van der Waals surface area contributed by atoms with Crippen LogP contribution in [0.1, 0.15) is 27.0 Å². The van der Waals surface area contributed by atoms with Crippen LogP contribution >= 0.6 is 0 Å². The van der Waals surface area contributed by atoms with Crippen molar-refractivity contribution in [3.63, 3.8) is 0 Å². The molecule has 0 bridgehead atoms. The summed E-state index contributed by atoms with van der Waals surface area (Å²) >= 11 is 0. The summed E-state index contributed by atoms with van der Waals surface area (Å²) < 4.78 is 17.8. The van der Waals surface area contributed by atoms with Crippen molar-refractivity contribution in [2.75, 3.05) is 0 Å². The number of hydrogen-bond acceptors (Lipinski definition) is 6. The van der Waals surface area contributed by atoms with Crippen LogP contribution in [0.15, 0.2) is 97.1 Å². The van der Waals surface area contributed by atoms with Crippen LogP contribution in [0.2, 0.25) is 0 Å². The third-order valence-electron chi connectivity index (χ3n) is 5.28. The van der Waals surface area contributed by atoms with Gasteiger partial charge in [-0.2, -0.15) is 0 Å². The molecule has 0 aliphatic rings. The molecule has 8 heteroatoms. The zero-order chi connectivity index (χ0) is 25.3. The Morgan fingerprint density at radius 1 is 0.694 bits per heavy atom. The van der Waals surface area contributed by atoms with Gasteiger partial charge in [0.25, 0.3) is 0 Å². The van der Waals surface area contributed by atoms with Crippen LogP contribution in [0.3, 0.4) is 0 Å². The summed E-state index contributed by atoms with van der Waals surface area (Å²) in [6.45, 7) is 0.121. The first-order valence-electron chi connectivity index (χ1n) is 11.1. The molecule has 0 saturated carbocycles. The number of aromatic carboxylic acids is 1. The van der Waals surface area contributed by atoms with Gasteiger partial charge in [-0.25, -0.2) is 4.79 Å². The SMILES string of the molecule is O=C(O)c1cc(OCc2ccccc2)c(OCc2ccccc2)c(OCc2ccccc2)c1[N+](=O)[O-]. The van der Waals surface area contributed by atoms with Gasteiger partial charge < -0.3 is 19.3 Å². The maximum atomic E-state index is 12.0. The molecule has 36 heavy (non-hydrogen) atoms. The average Bonchev–Trinajstić information content (AvgIpc) is 2.90. The highest BCUT2D eigenvalue weighted by molar-refractivity contribution is 5.95. The fourth-order valence-corrected chi connectivity index (χ4v) is 3.52. The smallest absolute Gasteiger partial charge is 0.343 e. The summed E-state index contributed by atoms with van der Waals surface area (Å²) in [5, 5.41) is 21.8. The van der Waals surface area contributed by atoms with Gasteiger partial charge >= 0.3 is 11.7 Å². The van der Waals surface area contributed by atoms with Crippen molar-refractivity contribution in [1.29, 1.82) is 0 Å². The lowest BCUT2D eigenvalue weighted by Gasteiger charge is -2.18. The van der Waals surface area contributed by atoms with Crippen LogP contribution in [0.4, 0.5) is 5.69 Å². The Balaban J connectivity index is 1.79. The molecule has 4 aromatic carbocycles. The molecule has 0 aliphatic heterocycles. The molecule has 0 aromatic heterocycles. The highest BCUT2D eigenvalue weighted by atomic mass is 16.6. The van der Waals surface area contributed by atoms with E-state index in [-0.39, 0.29) is 37.1 Å². The molecule has 0 aliphatic carbocycles. The molecule has 8 nitrogen and oxygen atoms in total. The van der Waals surface area contributed by atoms with Crippen LogP contribution in [0.25, 0.3) is 0 Å². The standard InChI is InChI=1S/C28H23NO7/c30-28(31)23-16-24(34-17-20-10-4-1-5-11-20)26(35-18-21-12-6-2-7-13-21)27(25(23)29(32)33)36-19-22-14-8-3-9-15-22/h1-16H,17-19H2,(H,30,31). The quantitative estimate of drug-likeness (QED) is 0.204. The summed E-state index contributed by atoms with van der Waals surface area (Å²) in [5.41, 5.74) is 1.12. The molecule has 0 saturated heterocycles. The Hall–Kier alpha value is -4.85. The first kappa shape index (κ1) is 24.3. The maximum Gasteiger partial charge on any atom is 0.343 e. The van der Waals surface area contributed by atoms with Crippen molar-refractivity contribution >= 4 is 11.7 Å². The van der Waals surface area contributed by atoms with Crippen molar-refractivity contribution in [2.24, 2.45) is 0 Å². The summed E-state index contributed by atoms with van der Waals surface area (Å²) in [6, 6.07) is 28.6. The molecule has 0 radical (unpaired) electrons. The van der Waals surface area contributed by atoms with Gasteiger partial charge in [-0.15, -0.1) is 0 Å². The molecule has 0 unspecified atom stereocenters. The number of ether oxygens (including phenoxy) is 3. The van der Waals surface area contributed by atoms with Crippen molar-refractivity contribution in [3.05, 3.63) is 129 Å². The van der Waals surface area contributed by atoms with Gasteiger partial charge in [-0.1, -0.05) is 91.0 Å². The Bertz CT molecular complexity index is 1330. The number of benzene rings is 4. The number of nitro benzene ring substituents is 1. The van der Waals surface area contributed by atoms with E-state index >= 15 is 0 Å². The normalized spacial score (nSPS) is 10.4. The van der Waals surface area contributed by atoms with E-state index in [2.05, 4.69) is 0 Å². The lowest BCUT2D eigenvalue weighted by molar-refractivity contribution is -0.386. The number of carbonyl (C=O) groups is 1. The van der Waals surface area contributed by atoms with Gasteiger partial charge in [0, 0.05) is 6.07 Å². The highest BCUT2D eigenvalue weighted by Crippen LogP contribution is 2.47. The predicted octanol–water partition coefficient (Wildman–Crippen LogP) is 6.03. The monoisotopic (exact) mass is 485 g/mol. The minimum atomic E-state index is -1.48. The van der Waals surface area contributed by atoms with E-state index in [4.69, 9.17) is 14.2 Å². The van der Waals surface area contributed by atoms with Crippen LogP contribution in [0, 0.1) is 10.1 Å². The van der Waals surface area contributed by atoms with E-state index in [0.717, 1.165) is 22.8 Å². The minimum Gasteiger partial charge on any atom is -0.485 e. The van der Waals surface area contributed by atoms with Gasteiger partial charge in [0.1, 0.15) is 25.4 Å². The summed E-state index contributed by atoms with van der Waals surface area (Å²) in [6.07, 6.45) is 0. The molecular formula is C28H23NO7. The third-order valence-corrected chi connectivity index (χ3v) is 5.28. The van der Waals surface area contributed by atoms with E-state index in [1.54, 1.807) is 12.1 Å². The van der Waals surface area contributed by atoms with Crippen molar-refractivity contribution < 1.29 is 29.0 Å². The maximum absolute atomic E-state index is 12.0. The molecule has 4 aromatic rings. The first-order valence-corrected chi connectivity index (χ1v) is 11.1. The van der Waals surface area contributed by atoms with Crippen molar-refractivity contribution in [2.45, 2.75) is 19.8 Å². The summed E-state index contributed by atoms with van der Waals surface area (Å²) in [5.74, 6) is -1.79. The van der Waals surface area contributed by atoms with E-state index in [9.17, 15) is 20.0 Å². The second-order valence-electron chi connectivity index (χ2n) is 7.81. The third kappa shape index (κ3) is 5.98. The van der Waals surface area contributed by atoms with Gasteiger partial charge in [0.05, 0.1) is 4.92 Å². The Kier molecular flexibility index (Phi) is 7.77. The minimum absolute atomic E-state index is 0.0286. The predicted molar refractivity (Wildman–Crippen MR) is 132 cm³/mol. The fraction of sp³-hybridized carbons (Fsp3) is 0.107. The van der Waals surface area contributed by atoms with Gasteiger partial charge in [-0.05, 0) is 16.7 Å². The number of rotatable bonds is 11. The lowest BCUT2D eigenvalue weighted by Crippen LogP contribution is -2.10. The number of carboxylic acid groups (broad SMARTS) is 1. The Morgan fingerprint density at radius 2 is 1.11 bits per heavy atom. The van der Waals surface area contributed by atoms with E-state index < -0.39 is 22.1 Å². The molecule has 0 atom stereocenters. The molecular weight excluding hydrogens is 462 g/mol. The number of carboxylic acids is 1. The van der Waals surface area contributed by atoms with Gasteiger partial charge in [0.2, 0.25) is 11.5 Å². The lowest BCUT2D eigenvalue weighted by atomic mass is 10.1. The molecule has 4 rings (SSSR count). The Morgan fingerprint density at radius 3 is 1.53 bits per heavy atom. The summed E-state index contributed by atoms with van der Waals surface area (Å²) in [7, 11) is 0. The number of hydrogen-bond donors (Lipinski definition) is 1. The van der Waals surface area contributed by atoms with Crippen LogP contribution in [-0.4, -0.2) is 16.0 Å². The fourth-order valence-electron chi connectivity index (χ4n) is 3.52. The highest BCUT2D eigenvalue weighted by Gasteiger charge is 2.33. The topological polar surface area (TPSA) is 108 Å². The van der Waals surface area contributed by atoms with Crippen LogP contribution in [0.5, 0.6) is 17.2 Å². The summed E-state index contributed by atoms with van der Waals surface area (Å²) in [4.78, 5) is 23.3. The van der Waals surface area contributed by atoms with E-state index in [1.165, 1.54) is 0 Å². The molecule has 0 heterocycles. The van der Waals surface area contributed by atoms with E-state index in [1.807, 2.05) is 78.9 Å². The van der Waals surface area contributed by atoms with Crippen LogP contribution < -0.4 is 14.2 Å². The molecule has 182 valence electrons. The second-order valence-corrected chi connectivity index (χ2v) is 7.81. The molecule has 0 fully saturated rings. The van der Waals surface area contributed by atoms with E-state index in [0.29, 0.717) is 0 Å². The van der Waals surface area contributed by atoms with Crippen molar-refractivity contribution in [1.82, 2.24) is 0 Å². The zero-order valence-electron chi connectivity index (χ0n) is 19.2. The van der Waals surface area contributed by atoms with Gasteiger partial charge in [-0.3, -0.25) is 10.1 Å². The Labute approximate surface area is 207 Å². The second kappa shape index (κ2) is 11.5.